The second-order valence-electron chi connectivity index (χ2n) is 6.46. The van der Waals surface area contributed by atoms with Crippen LogP contribution in [-0.4, -0.2) is 0 Å². The van der Waals surface area contributed by atoms with E-state index in [2.05, 4.69) is 42.6 Å². The lowest BCUT2D eigenvalue weighted by molar-refractivity contribution is -0.697. The lowest BCUT2D eigenvalue weighted by Gasteiger charge is -2.02. The van der Waals surface area contributed by atoms with Crippen molar-refractivity contribution in [3.05, 3.63) is 36.7 Å². The zero-order valence-electron chi connectivity index (χ0n) is 14.7. The normalized spacial score (nSPS) is 10.8. The molecule has 1 aromatic heterocycles. The molecule has 0 amide bonds. The smallest absolute Gasteiger partial charge is 0.169 e. The van der Waals surface area contributed by atoms with E-state index in [1.807, 2.05) is 6.08 Å². The molecular weight excluding hydrogens is 266 g/mol. The molecule has 0 saturated carbocycles. The van der Waals surface area contributed by atoms with Gasteiger partial charge in [-0.05, 0) is 12.0 Å². The zero-order chi connectivity index (χ0) is 15.9. The first-order chi connectivity index (χ1) is 10.9. The van der Waals surface area contributed by atoms with Crippen molar-refractivity contribution in [3.8, 4) is 0 Å². The predicted octanol–water partition coefficient (Wildman–Crippen LogP) is 6.32. The highest BCUT2D eigenvalue weighted by atomic mass is 14.9. The van der Waals surface area contributed by atoms with Crippen LogP contribution >= 0.6 is 0 Å². The van der Waals surface area contributed by atoms with Gasteiger partial charge in [0.2, 0.25) is 0 Å². The Morgan fingerprint density at radius 2 is 1.23 bits per heavy atom. The molecule has 0 aliphatic heterocycles. The molecule has 124 valence electrons. The summed E-state index contributed by atoms with van der Waals surface area (Å²) in [7, 11) is 0. The molecule has 1 rings (SSSR count). The van der Waals surface area contributed by atoms with Gasteiger partial charge in [0, 0.05) is 18.6 Å². The van der Waals surface area contributed by atoms with E-state index < -0.39 is 0 Å². The van der Waals surface area contributed by atoms with Crippen LogP contribution in [-0.2, 0) is 6.54 Å². The summed E-state index contributed by atoms with van der Waals surface area (Å²) in [5.41, 5.74) is 1.20. The number of hydrogen-bond donors (Lipinski definition) is 0. The van der Waals surface area contributed by atoms with Crippen LogP contribution in [0.5, 0.6) is 0 Å². The summed E-state index contributed by atoms with van der Waals surface area (Å²) in [6, 6.07) is 4.26. The maximum atomic E-state index is 3.79. The summed E-state index contributed by atoms with van der Waals surface area (Å²) >= 11 is 0. The van der Waals surface area contributed by atoms with Crippen molar-refractivity contribution in [2.75, 3.05) is 0 Å². The number of hydrogen-bond acceptors (Lipinski definition) is 0. The standard InChI is InChI=1S/C21H36N/c1-3-5-6-7-8-9-10-11-12-13-14-15-18-22-19-16-21(4-2)17-20-22/h4,16-17,19-20H,2-3,5-15,18H2,1H3/q+1. The van der Waals surface area contributed by atoms with E-state index in [1.165, 1.54) is 82.6 Å². The van der Waals surface area contributed by atoms with Crippen molar-refractivity contribution in [2.45, 2.75) is 90.5 Å². The second kappa shape index (κ2) is 13.5. The molecule has 1 heteroatoms. The molecule has 0 N–H and O–H groups in total. The monoisotopic (exact) mass is 302 g/mol. The van der Waals surface area contributed by atoms with E-state index in [4.69, 9.17) is 0 Å². The molecule has 1 heterocycles. The number of pyridine rings is 1. The predicted molar refractivity (Wildman–Crippen MR) is 97.8 cm³/mol. The lowest BCUT2D eigenvalue weighted by Crippen LogP contribution is -2.32. The minimum Gasteiger partial charge on any atom is -0.205 e. The van der Waals surface area contributed by atoms with E-state index in [0.29, 0.717) is 0 Å². The maximum absolute atomic E-state index is 3.79. The number of unbranched alkanes of at least 4 members (excludes halogenated alkanes) is 11. The van der Waals surface area contributed by atoms with Crippen molar-refractivity contribution >= 4 is 6.08 Å². The summed E-state index contributed by atoms with van der Waals surface area (Å²) in [5, 5.41) is 0. The second-order valence-corrected chi connectivity index (χ2v) is 6.46. The number of rotatable bonds is 14. The van der Waals surface area contributed by atoms with Gasteiger partial charge in [-0.1, -0.05) is 83.8 Å². The Balaban J connectivity index is 1.86. The molecule has 0 spiro atoms. The molecule has 0 fully saturated rings. The first-order valence-corrected chi connectivity index (χ1v) is 9.48. The van der Waals surface area contributed by atoms with Crippen molar-refractivity contribution in [1.82, 2.24) is 0 Å². The lowest BCUT2D eigenvalue weighted by atomic mass is 10.1. The van der Waals surface area contributed by atoms with E-state index in [9.17, 15) is 0 Å². The van der Waals surface area contributed by atoms with Crippen molar-refractivity contribution in [2.24, 2.45) is 0 Å². The van der Waals surface area contributed by atoms with Gasteiger partial charge in [-0.3, -0.25) is 0 Å². The molecule has 0 aromatic carbocycles. The SMILES string of the molecule is C=Cc1cc[n+](CCCCCCCCCCCCCC)cc1. The summed E-state index contributed by atoms with van der Waals surface area (Å²) in [6.45, 7) is 7.22. The molecule has 0 bridgehead atoms. The molecule has 0 aliphatic rings. The van der Waals surface area contributed by atoms with Gasteiger partial charge in [0.25, 0.3) is 0 Å². The average molecular weight is 303 g/mol. The quantitative estimate of drug-likeness (QED) is 0.280. The van der Waals surface area contributed by atoms with Gasteiger partial charge in [0.15, 0.2) is 12.4 Å². The fourth-order valence-corrected chi connectivity index (χ4v) is 2.89. The molecule has 0 unspecified atom stereocenters. The van der Waals surface area contributed by atoms with Crippen molar-refractivity contribution < 1.29 is 4.57 Å². The van der Waals surface area contributed by atoms with Crippen molar-refractivity contribution in [3.63, 3.8) is 0 Å². The highest BCUT2D eigenvalue weighted by Gasteiger charge is 1.99. The molecule has 0 aliphatic carbocycles. The van der Waals surface area contributed by atoms with Crippen molar-refractivity contribution in [1.29, 1.82) is 0 Å². The Morgan fingerprint density at radius 1 is 0.773 bits per heavy atom. The van der Waals surface area contributed by atoms with Crippen LogP contribution in [0.3, 0.4) is 0 Å². The molecule has 0 radical (unpaired) electrons. The topological polar surface area (TPSA) is 3.88 Å². The third kappa shape index (κ3) is 9.76. The van der Waals surface area contributed by atoms with Crippen LogP contribution in [0.25, 0.3) is 6.08 Å². The Hall–Kier alpha value is -1.11. The molecule has 0 atom stereocenters. The maximum Gasteiger partial charge on any atom is 0.169 e. The van der Waals surface area contributed by atoms with Crippen LogP contribution in [0.1, 0.15) is 89.5 Å². The van der Waals surface area contributed by atoms with E-state index in [1.54, 1.807) is 0 Å². The van der Waals surface area contributed by atoms with Gasteiger partial charge in [-0.15, -0.1) is 0 Å². The van der Waals surface area contributed by atoms with Crippen LogP contribution in [0.15, 0.2) is 31.1 Å². The highest BCUT2D eigenvalue weighted by Crippen LogP contribution is 2.11. The largest absolute Gasteiger partial charge is 0.205 e. The van der Waals surface area contributed by atoms with E-state index >= 15 is 0 Å². The third-order valence-electron chi connectivity index (χ3n) is 4.42. The number of aromatic nitrogens is 1. The minimum atomic E-state index is 1.15. The summed E-state index contributed by atoms with van der Waals surface area (Å²) in [6.07, 6.45) is 23.2. The van der Waals surface area contributed by atoms with E-state index in [0.717, 1.165) is 6.54 Å². The highest BCUT2D eigenvalue weighted by molar-refractivity contribution is 5.44. The van der Waals surface area contributed by atoms with Crippen LogP contribution < -0.4 is 4.57 Å². The fourth-order valence-electron chi connectivity index (χ4n) is 2.89. The summed E-state index contributed by atoms with van der Waals surface area (Å²) < 4.78 is 2.28. The number of nitrogens with zero attached hydrogens (tertiary/aromatic N) is 1. The first-order valence-electron chi connectivity index (χ1n) is 9.48. The molecule has 1 aromatic rings. The zero-order valence-corrected chi connectivity index (χ0v) is 14.7. The van der Waals surface area contributed by atoms with Crippen LogP contribution in [0.2, 0.25) is 0 Å². The van der Waals surface area contributed by atoms with Gasteiger partial charge < -0.3 is 0 Å². The third-order valence-corrected chi connectivity index (χ3v) is 4.42. The van der Waals surface area contributed by atoms with Gasteiger partial charge in [-0.2, -0.15) is 0 Å². The Bertz CT molecular complexity index is 366. The van der Waals surface area contributed by atoms with E-state index in [-0.39, 0.29) is 0 Å². The summed E-state index contributed by atoms with van der Waals surface area (Å²) in [4.78, 5) is 0. The summed E-state index contributed by atoms with van der Waals surface area (Å²) in [5.74, 6) is 0. The number of aryl methyl sites for hydroxylation is 1. The Kier molecular flexibility index (Phi) is 11.7. The Labute approximate surface area is 138 Å². The first kappa shape index (κ1) is 18.9. The minimum absolute atomic E-state index is 1.15. The molecule has 22 heavy (non-hydrogen) atoms. The molecule has 1 nitrogen and oxygen atoms in total. The van der Waals surface area contributed by atoms with Crippen LogP contribution in [0, 0.1) is 0 Å². The van der Waals surface area contributed by atoms with Gasteiger partial charge in [-0.25, -0.2) is 4.57 Å². The molecular formula is C21H36N+. The van der Waals surface area contributed by atoms with Gasteiger partial charge in [0.1, 0.15) is 6.54 Å². The Morgan fingerprint density at radius 3 is 1.68 bits per heavy atom. The fraction of sp³-hybridized carbons (Fsp3) is 0.667. The van der Waals surface area contributed by atoms with Gasteiger partial charge >= 0.3 is 0 Å². The van der Waals surface area contributed by atoms with Gasteiger partial charge in [0.05, 0.1) is 0 Å². The average Bonchev–Trinajstić information content (AvgIpc) is 2.56. The van der Waals surface area contributed by atoms with Crippen LogP contribution in [0.4, 0.5) is 0 Å². The molecule has 0 saturated heterocycles.